The summed E-state index contributed by atoms with van der Waals surface area (Å²) in [6.07, 6.45) is 6.16. The van der Waals surface area contributed by atoms with Crippen molar-refractivity contribution in [3.8, 4) is 0 Å². The van der Waals surface area contributed by atoms with Gasteiger partial charge in [0.05, 0.1) is 0 Å². The third kappa shape index (κ3) is 6.21. The third-order valence-electron chi connectivity index (χ3n) is 6.02. The number of carbonyl (C=O) groups is 1. The molecule has 0 spiro atoms. The summed E-state index contributed by atoms with van der Waals surface area (Å²) in [6, 6.07) is 7.54. The number of nitrogens with one attached hydrogen (secondary N) is 1. The molecule has 0 saturated carbocycles. The molecular weight excluding hydrogens is 374 g/mol. The lowest BCUT2D eigenvalue weighted by Gasteiger charge is -2.45. The standard InChI is InChI=1S/C21H35N3O3S/c1-4-5-6-7-12-24-13-11-21(3,17(2)15-24)18-9-8-10-19(14-18)23-28(26,27)16-20(22)25/h8-10,14,17,23H,4-7,11-13,15-16H2,1-3H3,(H2,22,25)/t17-,21-/m0/s1. The number of hydrogen-bond donors (Lipinski definition) is 2. The molecule has 1 fully saturated rings. The van der Waals surface area contributed by atoms with E-state index < -0.39 is 21.7 Å². The Balaban J connectivity index is 2.05. The van der Waals surface area contributed by atoms with Crippen LogP contribution in [0.25, 0.3) is 0 Å². The zero-order chi connectivity index (χ0) is 20.8. The molecule has 1 aliphatic heterocycles. The van der Waals surface area contributed by atoms with Crippen LogP contribution in [-0.2, 0) is 20.2 Å². The fourth-order valence-electron chi connectivity index (χ4n) is 4.05. The Bertz CT molecular complexity index is 766. The van der Waals surface area contributed by atoms with E-state index >= 15 is 0 Å². The number of nitrogens with zero attached hydrogens (tertiary/aromatic N) is 1. The second kappa shape index (κ2) is 9.74. The maximum Gasteiger partial charge on any atom is 0.241 e. The van der Waals surface area contributed by atoms with Crippen LogP contribution in [-0.4, -0.2) is 44.6 Å². The van der Waals surface area contributed by atoms with Crippen molar-refractivity contribution >= 4 is 21.6 Å². The summed E-state index contributed by atoms with van der Waals surface area (Å²) in [7, 11) is -3.77. The number of nitrogens with two attached hydrogens (primary N) is 1. The van der Waals surface area contributed by atoms with Gasteiger partial charge in [0, 0.05) is 12.2 Å². The van der Waals surface area contributed by atoms with Crippen molar-refractivity contribution in [1.29, 1.82) is 0 Å². The summed E-state index contributed by atoms with van der Waals surface area (Å²) in [5.41, 5.74) is 6.62. The lowest BCUT2D eigenvalue weighted by Crippen LogP contribution is -2.47. The van der Waals surface area contributed by atoms with Gasteiger partial charge in [0.25, 0.3) is 0 Å². The molecule has 1 aromatic carbocycles. The Morgan fingerprint density at radius 3 is 2.71 bits per heavy atom. The van der Waals surface area contributed by atoms with Crippen LogP contribution in [0.2, 0.25) is 0 Å². The molecule has 1 saturated heterocycles. The Morgan fingerprint density at radius 1 is 1.32 bits per heavy atom. The van der Waals surface area contributed by atoms with Gasteiger partial charge in [-0.3, -0.25) is 9.52 Å². The van der Waals surface area contributed by atoms with Crippen molar-refractivity contribution in [2.75, 3.05) is 30.1 Å². The molecule has 1 amide bonds. The molecular formula is C21H35N3O3S. The average molecular weight is 410 g/mol. The smallest absolute Gasteiger partial charge is 0.241 e. The van der Waals surface area contributed by atoms with Crippen molar-refractivity contribution in [3.63, 3.8) is 0 Å². The van der Waals surface area contributed by atoms with E-state index in [1.165, 1.54) is 25.7 Å². The molecule has 28 heavy (non-hydrogen) atoms. The van der Waals surface area contributed by atoms with Crippen molar-refractivity contribution in [2.45, 2.75) is 58.3 Å². The monoisotopic (exact) mass is 409 g/mol. The zero-order valence-corrected chi connectivity index (χ0v) is 18.2. The van der Waals surface area contributed by atoms with E-state index in [-0.39, 0.29) is 5.41 Å². The molecule has 1 aromatic rings. The topological polar surface area (TPSA) is 92.5 Å². The molecule has 7 heteroatoms. The maximum absolute atomic E-state index is 12.0. The lowest BCUT2D eigenvalue weighted by molar-refractivity contribution is -0.115. The van der Waals surface area contributed by atoms with Gasteiger partial charge >= 0.3 is 0 Å². The largest absolute Gasteiger partial charge is 0.369 e. The molecule has 1 heterocycles. The van der Waals surface area contributed by atoms with Crippen molar-refractivity contribution in [1.82, 2.24) is 4.90 Å². The van der Waals surface area contributed by atoms with Crippen LogP contribution in [0.1, 0.15) is 58.4 Å². The first-order valence-corrected chi connectivity index (χ1v) is 11.9. The zero-order valence-electron chi connectivity index (χ0n) is 17.4. The highest BCUT2D eigenvalue weighted by molar-refractivity contribution is 7.93. The fourth-order valence-corrected chi connectivity index (χ4v) is 4.98. The molecule has 0 aromatic heterocycles. The van der Waals surface area contributed by atoms with Gasteiger partial charge in [-0.1, -0.05) is 52.2 Å². The van der Waals surface area contributed by atoms with E-state index in [0.29, 0.717) is 11.6 Å². The van der Waals surface area contributed by atoms with Crippen LogP contribution in [0.15, 0.2) is 24.3 Å². The molecule has 2 atom stereocenters. The van der Waals surface area contributed by atoms with Gasteiger partial charge in [-0.05, 0) is 55.0 Å². The summed E-state index contributed by atoms with van der Waals surface area (Å²) < 4.78 is 26.5. The number of unbranched alkanes of at least 4 members (excludes halogenated alkanes) is 3. The van der Waals surface area contributed by atoms with Gasteiger partial charge in [0.1, 0.15) is 5.75 Å². The highest BCUT2D eigenvalue weighted by Gasteiger charge is 2.37. The SMILES string of the molecule is CCCCCCN1CC[C@](C)(c2cccc(NS(=O)(=O)CC(N)=O)c2)[C@@H](C)C1. The molecule has 0 aliphatic carbocycles. The minimum absolute atomic E-state index is 0.00887. The van der Waals surface area contributed by atoms with E-state index in [2.05, 4.69) is 36.5 Å². The minimum atomic E-state index is -3.77. The summed E-state index contributed by atoms with van der Waals surface area (Å²) >= 11 is 0. The average Bonchev–Trinajstić information content (AvgIpc) is 2.60. The first-order valence-electron chi connectivity index (χ1n) is 10.3. The maximum atomic E-state index is 12.0. The lowest BCUT2D eigenvalue weighted by atomic mass is 9.68. The van der Waals surface area contributed by atoms with Gasteiger partial charge in [0.2, 0.25) is 15.9 Å². The number of anilines is 1. The minimum Gasteiger partial charge on any atom is -0.369 e. The van der Waals surface area contributed by atoms with Crippen LogP contribution >= 0.6 is 0 Å². The number of primary amides is 1. The molecule has 3 N–H and O–H groups in total. The van der Waals surface area contributed by atoms with E-state index in [9.17, 15) is 13.2 Å². The van der Waals surface area contributed by atoms with Gasteiger partial charge < -0.3 is 10.6 Å². The normalized spacial score (nSPS) is 23.5. The fraction of sp³-hybridized carbons (Fsp3) is 0.667. The summed E-state index contributed by atoms with van der Waals surface area (Å²) in [6.45, 7) is 10.1. The number of hydrogen-bond acceptors (Lipinski definition) is 4. The number of likely N-dealkylation sites (tertiary alicyclic amines) is 1. The van der Waals surface area contributed by atoms with E-state index in [1.54, 1.807) is 6.07 Å². The Morgan fingerprint density at radius 2 is 2.07 bits per heavy atom. The van der Waals surface area contributed by atoms with Crippen LogP contribution in [0, 0.1) is 5.92 Å². The molecule has 0 unspecified atom stereocenters. The molecule has 2 rings (SSSR count). The van der Waals surface area contributed by atoms with E-state index in [4.69, 9.17) is 5.73 Å². The Hall–Kier alpha value is -1.60. The van der Waals surface area contributed by atoms with Crippen LogP contribution < -0.4 is 10.5 Å². The number of sulfonamides is 1. The van der Waals surface area contributed by atoms with Crippen molar-refractivity contribution < 1.29 is 13.2 Å². The molecule has 158 valence electrons. The third-order valence-corrected chi connectivity index (χ3v) is 7.23. The number of benzene rings is 1. The first kappa shape index (κ1) is 22.7. The predicted molar refractivity (Wildman–Crippen MR) is 115 cm³/mol. The van der Waals surface area contributed by atoms with Gasteiger partial charge in [0.15, 0.2) is 0 Å². The first-order chi connectivity index (χ1) is 13.2. The second-order valence-corrected chi connectivity index (χ2v) is 10.1. The Kier molecular flexibility index (Phi) is 7.89. The summed E-state index contributed by atoms with van der Waals surface area (Å²) in [5.74, 6) is -1.11. The summed E-state index contributed by atoms with van der Waals surface area (Å²) in [4.78, 5) is 13.5. The second-order valence-electron chi connectivity index (χ2n) is 8.34. The quantitative estimate of drug-likeness (QED) is 0.581. The highest BCUT2D eigenvalue weighted by Crippen LogP contribution is 2.40. The molecule has 6 nitrogen and oxygen atoms in total. The van der Waals surface area contributed by atoms with E-state index in [0.717, 1.165) is 31.6 Å². The Labute approximate surface area is 169 Å². The molecule has 0 bridgehead atoms. The van der Waals surface area contributed by atoms with E-state index in [1.807, 2.05) is 12.1 Å². The molecule has 1 aliphatic rings. The van der Waals surface area contributed by atoms with Crippen molar-refractivity contribution in [2.24, 2.45) is 11.7 Å². The van der Waals surface area contributed by atoms with Gasteiger partial charge in [-0.25, -0.2) is 8.42 Å². The van der Waals surface area contributed by atoms with Crippen LogP contribution in [0.3, 0.4) is 0 Å². The highest BCUT2D eigenvalue weighted by atomic mass is 32.2. The number of amides is 1. The predicted octanol–water partition coefficient (Wildman–Crippen LogP) is 3.09. The van der Waals surface area contributed by atoms with Gasteiger partial charge in [-0.2, -0.15) is 0 Å². The van der Waals surface area contributed by atoms with Crippen LogP contribution in [0.5, 0.6) is 0 Å². The number of rotatable bonds is 10. The number of piperidine rings is 1. The van der Waals surface area contributed by atoms with Gasteiger partial charge in [-0.15, -0.1) is 0 Å². The molecule has 0 radical (unpaired) electrons. The van der Waals surface area contributed by atoms with Crippen LogP contribution in [0.4, 0.5) is 5.69 Å². The number of carbonyl (C=O) groups excluding carboxylic acids is 1. The summed E-state index contributed by atoms with van der Waals surface area (Å²) in [5, 5.41) is 0. The van der Waals surface area contributed by atoms with Crippen molar-refractivity contribution in [3.05, 3.63) is 29.8 Å².